The fourth-order valence-electron chi connectivity index (χ4n) is 1.46. The molecule has 80 valence electrons. The second-order valence-corrected chi connectivity index (χ2v) is 4.01. The number of hydrogen-bond acceptors (Lipinski definition) is 1. The Bertz CT molecular complexity index is 463. The van der Waals surface area contributed by atoms with E-state index in [0.29, 0.717) is 5.75 Å². The molecule has 2 rings (SSSR count). The van der Waals surface area contributed by atoms with Gasteiger partial charge in [-0.2, -0.15) is 0 Å². The molecule has 0 spiro atoms. The summed E-state index contributed by atoms with van der Waals surface area (Å²) in [6.07, 6.45) is 0. The third-order valence-corrected chi connectivity index (χ3v) is 2.67. The van der Waals surface area contributed by atoms with Crippen molar-refractivity contribution in [3.63, 3.8) is 0 Å². The normalized spacial score (nSPS) is 9.60. The summed E-state index contributed by atoms with van der Waals surface area (Å²) in [5, 5.41) is 11.6. The fourth-order valence-corrected chi connectivity index (χ4v) is 1.82. The zero-order valence-electron chi connectivity index (χ0n) is 9.21. The van der Waals surface area contributed by atoms with Crippen LogP contribution in [0.25, 0.3) is 10.8 Å². The minimum absolute atomic E-state index is 0.335. The summed E-state index contributed by atoms with van der Waals surface area (Å²) in [5.41, 5.74) is 1.18. The molecule has 0 saturated heterocycles. The van der Waals surface area contributed by atoms with Gasteiger partial charge in [-0.1, -0.05) is 41.9 Å². The van der Waals surface area contributed by atoms with Gasteiger partial charge in [0.05, 0.1) is 0 Å². The Morgan fingerprint density at radius 1 is 1.00 bits per heavy atom. The van der Waals surface area contributed by atoms with Crippen LogP contribution in [0.2, 0.25) is 0 Å². The molecule has 15 heavy (non-hydrogen) atoms. The Morgan fingerprint density at radius 2 is 1.67 bits per heavy atom. The molecule has 0 saturated carbocycles. The first kappa shape index (κ1) is 12.1. The second kappa shape index (κ2) is 5.17. The highest BCUT2D eigenvalue weighted by Gasteiger charge is 2.01. The lowest BCUT2D eigenvalue weighted by Gasteiger charge is -2.04. The average Bonchev–Trinajstić information content (AvgIpc) is 2.27. The molecular weight excluding hydrogens is 252 g/mol. The smallest absolute Gasteiger partial charge is 0.123 e. The van der Waals surface area contributed by atoms with Crippen molar-refractivity contribution in [2.45, 2.75) is 20.8 Å². The Labute approximate surface area is 98.9 Å². The van der Waals surface area contributed by atoms with Crippen LogP contribution in [-0.2, 0) is 0 Å². The van der Waals surface area contributed by atoms with Crippen molar-refractivity contribution >= 4 is 26.7 Å². The van der Waals surface area contributed by atoms with Gasteiger partial charge in [0.1, 0.15) is 5.75 Å². The molecule has 2 aromatic carbocycles. The van der Waals surface area contributed by atoms with Crippen molar-refractivity contribution in [1.29, 1.82) is 0 Å². The highest BCUT2D eigenvalue weighted by Crippen LogP contribution is 2.29. The van der Waals surface area contributed by atoms with Gasteiger partial charge in [-0.05, 0) is 36.1 Å². The highest BCUT2D eigenvalue weighted by atomic mass is 79.9. The number of rotatable bonds is 0. The van der Waals surface area contributed by atoms with E-state index in [4.69, 9.17) is 0 Å². The van der Waals surface area contributed by atoms with E-state index >= 15 is 0 Å². The van der Waals surface area contributed by atoms with Crippen LogP contribution in [-0.4, -0.2) is 5.11 Å². The number of hydrogen-bond donors (Lipinski definition) is 1. The molecule has 0 bridgehead atoms. The van der Waals surface area contributed by atoms with Crippen LogP contribution in [0.5, 0.6) is 5.75 Å². The molecule has 0 aliphatic carbocycles. The molecule has 0 atom stereocenters. The summed E-state index contributed by atoms with van der Waals surface area (Å²) in [4.78, 5) is 0. The first-order chi connectivity index (χ1) is 7.18. The summed E-state index contributed by atoms with van der Waals surface area (Å²) >= 11 is 3.38. The van der Waals surface area contributed by atoms with Crippen molar-refractivity contribution in [2.24, 2.45) is 0 Å². The van der Waals surface area contributed by atoms with E-state index < -0.39 is 0 Å². The Morgan fingerprint density at radius 3 is 2.33 bits per heavy atom. The SMILES string of the molecule is CC.Cc1ccc(O)c2cc(Br)ccc12. The van der Waals surface area contributed by atoms with Crippen molar-refractivity contribution in [3.05, 3.63) is 40.4 Å². The van der Waals surface area contributed by atoms with Crippen molar-refractivity contribution in [1.82, 2.24) is 0 Å². The van der Waals surface area contributed by atoms with Gasteiger partial charge >= 0.3 is 0 Å². The number of benzene rings is 2. The number of aryl methyl sites for hydroxylation is 1. The summed E-state index contributed by atoms with van der Waals surface area (Å²) in [5.74, 6) is 0.335. The monoisotopic (exact) mass is 266 g/mol. The molecule has 0 fully saturated rings. The maximum Gasteiger partial charge on any atom is 0.123 e. The molecular formula is C13H15BrO. The van der Waals surface area contributed by atoms with Crippen molar-refractivity contribution in [3.8, 4) is 5.75 Å². The number of phenolic OH excluding ortho intramolecular Hbond substituents is 1. The maximum absolute atomic E-state index is 9.60. The van der Waals surface area contributed by atoms with Gasteiger partial charge < -0.3 is 5.11 Å². The Balaban J connectivity index is 0.000000531. The predicted octanol–water partition coefficient (Wildman–Crippen LogP) is 4.64. The maximum atomic E-state index is 9.60. The van der Waals surface area contributed by atoms with Crippen molar-refractivity contribution in [2.75, 3.05) is 0 Å². The zero-order chi connectivity index (χ0) is 11.4. The van der Waals surface area contributed by atoms with Crippen LogP contribution >= 0.6 is 15.9 Å². The van der Waals surface area contributed by atoms with Gasteiger partial charge in [-0.25, -0.2) is 0 Å². The molecule has 1 N–H and O–H groups in total. The van der Waals surface area contributed by atoms with Crippen LogP contribution in [0.4, 0.5) is 0 Å². The van der Waals surface area contributed by atoms with E-state index in [-0.39, 0.29) is 0 Å². The molecule has 2 aromatic rings. The highest BCUT2D eigenvalue weighted by molar-refractivity contribution is 9.10. The van der Waals surface area contributed by atoms with E-state index in [2.05, 4.69) is 15.9 Å². The molecule has 0 heterocycles. The van der Waals surface area contributed by atoms with Crippen LogP contribution in [0.3, 0.4) is 0 Å². The van der Waals surface area contributed by atoms with E-state index in [1.165, 1.54) is 5.56 Å². The molecule has 0 aromatic heterocycles. The van der Waals surface area contributed by atoms with Gasteiger partial charge in [0.2, 0.25) is 0 Å². The minimum Gasteiger partial charge on any atom is -0.507 e. The lowest BCUT2D eigenvalue weighted by atomic mass is 10.1. The number of fused-ring (bicyclic) bond motifs is 1. The topological polar surface area (TPSA) is 20.2 Å². The van der Waals surface area contributed by atoms with E-state index in [9.17, 15) is 5.11 Å². The second-order valence-electron chi connectivity index (χ2n) is 3.09. The lowest BCUT2D eigenvalue weighted by Crippen LogP contribution is -1.78. The third-order valence-electron chi connectivity index (χ3n) is 2.17. The zero-order valence-corrected chi connectivity index (χ0v) is 10.8. The molecule has 1 nitrogen and oxygen atoms in total. The van der Waals surface area contributed by atoms with Crippen molar-refractivity contribution < 1.29 is 5.11 Å². The van der Waals surface area contributed by atoms with Gasteiger partial charge in [0, 0.05) is 9.86 Å². The van der Waals surface area contributed by atoms with Gasteiger partial charge in [0.15, 0.2) is 0 Å². The number of phenols is 1. The predicted molar refractivity (Wildman–Crippen MR) is 69.4 cm³/mol. The average molecular weight is 267 g/mol. The van der Waals surface area contributed by atoms with E-state index in [1.807, 2.05) is 45.0 Å². The Kier molecular flexibility index (Phi) is 4.15. The van der Waals surface area contributed by atoms with E-state index in [1.54, 1.807) is 6.07 Å². The largest absolute Gasteiger partial charge is 0.507 e. The van der Waals surface area contributed by atoms with Gasteiger partial charge in [0.25, 0.3) is 0 Å². The first-order valence-corrected chi connectivity index (χ1v) is 5.85. The summed E-state index contributed by atoms with van der Waals surface area (Å²) in [6.45, 7) is 6.04. The summed E-state index contributed by atoms with van der Waals surface area (Å²) in [6, 6.07) is 9.57. The minimum atomic E-state index is 0.335. The molecule has 0 amide bonds. The van der Waals surface area contributed by atoms with E-state index in [0.717, 1.165) is 15.2 Å². The fraction of sp³-hybridized carbons (Fsp3) is 0.231. The quantitative estimate of drug-likeness (QED) is 0.737. The summed E-state index contributed by atoms with van der Waals surface area (Å²) < 4.78 is 0.987. The molecule has 2 heteroatoms. The van der Waals surface area contributed by atoms with Crippen LogP contribution in [0.15, 0.2) is 34.8 Å². The number of aromatic hydroxyl groups is 1. The lowest BCUT2D eigenvalue weighted by molar-refractivity contribution is 0.481. The molecule has 0 radical (unpaired) electrons. The molecule has 0 unspecified atom stereocenters. The standard InChI is InChI=1S/C11H9BrO.C2H6/c1-7-2-5-11(13)10-6-8(12)3-4-9(7)10;1-2/h2-6,13H,1H3;1-2H3. The Hall–Kier alpha value is -1.02. The molecule has 0 aliphatic rings. The van der Waals surface area contributed by atoms with Crippen LogP contribution < -0.4 is 0 Å². The van der Waals surface area contributed by atoms with Crippen LogP contribution in [0, 0.1) is 6.92 Å². The molecule has 0 aliphatic heterocycles. The van der Waals surface area contributed by atoms with Gasteiger partial charge in [-0.15, -0.1) is 0 Å². The summed E-state index contributed by atoms with van der Waals surface area (Å²) in [7, 11) is 0. The van der Waals surface area contributed by atoms with Gasteiger partial charge in [-0.3, -0.25) is 0 Å². The van der Waals surface area contributed by atoms with Crippen LogP contribution in [0.1, 0.15) is 19.4 Å². The third kappa shape index (κ3) is 2.51. The number of halogens is 1. The first-order valence-electron chi connectivity index (χ1n) is 5.06.